The zero-order valence-corrected chi connectivity index (χ0v) is 44.4. The van der Waals surface area contributed by atoms with Crippen LogP contribution in [-0.4, -0.2) is 101 Å². The Hall–Kier alpha value is -9.65. The van der Waals surface area contributed by atoms with E-state index in [2.05, 4.69) is 35.9 Å². The predicted octanol–water partition coefficient (Wildman–Crippen LogP) is 6.14. The Morgan fingerprint density at radius 3 is 1.84 bits per heavy atom. The molecule has 2 aliphatic rings. The van der Waals surface area contributed by atoms with E-state index in [-0.39, 0.29) is 115 Å². The number of aromatic nitrogens is 4. The Morgan fingerprint density at radius 2 is 1.22 bits per heavy atom. The first-order valence-electron chi connectivity index (χ1n) is 25.3. The van der Waals surface area contributed by atoms with Gasteiger partial charge in [0.2, 0.25) is 5.95 Å². The zero-order valence-electron chi connectivity index (χ0n) is 43.6. The molecule has 0 aliphatic carbocycles. The number of rotatable bonds is 22. The number of fused-ring (bicyclic) bond motifs is 7. The number of anilines is 3. The summed E-state index contributed by atoms with van der Waals surface area (Å²) in [6.07, 6.45) is 1.66. The summed E-state index contributed by atoms with van der Waals surface area (Å²) in [7, 11) is 2.93. The maximum atomic E-state index is 14.1. The number of benzene rings is 5. The molecule has 1 amide bonds. The van der Waals surface area contributed by atoms with Gasteiger partial charge >= 0.3 is 29.8 Å². The number of esters is 5. The van der Waals surface area contributed by atoms with Crippen LogP contribution in [0.15, 0.2) is 114 Å². The number of nitrogens with one attached hydrogen (secondary N) is 4. The molecule has 81 heavy (non-hydrogen) atoms. The third-order valence-electron chi connectivity index (χ3n) is 12.7. The smallest absolute Gasteiger partial charge is 0.340 e. The number of ether oxygens (including phenoxy) is 8. The van der Waals surface area contributed by atoms with Gasteiger partial charge in [-0.3, -0.25) is 33.8 Å². The number of H-pyrrole nitrogens is 1. The van der Waals surface area contributed by atoms with Gasteiger partial charge in [0.05, 0.1) is 56.4 Å². The monoisotopic (exact) mass is 1120 g/mol. The van der Waals surface area contributed by atoms with Crippen molar-refractivity contribution in [3.05, 3.63) is 164 Å². The van der Waals surface area contributed by atoms with Crippen molar-refractivity contribution < 1.29 is 66.7 Å². The van der Waals surface area contributed by atoms with E-state index in [1.54, 1.807) is 60.8 Å². The van der Waals surface area contributed by atoms with Crippen molar-refractivity contribution >= 4 is 81.6 Å². The zero-order chi connectivity index (χ0) is 57.0. The lowest BCUT2D eigenvalue weighted by atomic mass is 9.77. The fourth-order valence-corrected chi connectivity index (χ4v) is 8.99. The van der Waals surface area contributed by atoms with Gasteiger partial charge in [0.15, 0.2) is 21.9 Å². The minimum Gasteiger partial charge on any atom is -0.463 e. The number of carbonyl (C=O) groups is 6. The number of nitrogens with zero attached hydrogens (tertiary/aromatic N) is 3. The lowest BCUT2D eigenvalue weighted by molar-refractivity contribution is -0.148. The lowest BCUT2D eigenvalue weighted by Crippen LogP contribution is -2.33. The Balaban J connectivity index is 0.839. The molecule has 0 saturated carbocycles. The van der Waals surface area contributed by atoms with Crippen LogP contribution in [-0.2, 0) is 67.8 Å². The predicted molar refractivity (Wildman–Crippen MR) is 294 cm³/mol. The molecule has 4 heterocycles. The molecule has 9 rings (SSSR count). The molecule has 416 valence electrons. The number of hydrogen-bond donors (Lipinski definition) is 5. The highest BCUT2D eigenvalue weighted by molar-refractivity contribution is 7.80. The van der Waals surface area contributed by atoms with Crippen molar-refractivity contribution in [2.45, 2.75) is 50.7 Å². The highest BCUT2D eigenvalue weighted by atomic mass is 32.1. The molecule has 0 saturated heterocycles. The molecule has 2 aromatic heterocycles. The third kappa shape index (κ3) is 13.6. The first-order chi connectivity index (χ1) is 39.2. The van der Waals surface area contributed by atoms with Gasteiger partial charge in [-0.25, -0.2) is 14.8 Å². The second kappa shape index (κ2) is 25.4. The van der Waals surface area contributed by atoms with Gasteiger partial charge in [-0.05, 0) is 96.9 Å². The minimum atomic E-state index is -1.61. The number of methoxy groups -OCH3 is 2. The molecule has 0 fully saturated rings. The molecular formula is C57H52N8O15S. The summed E-state index contributed by atoms with van der Waals surface area (Å²) in [5, 5.41) is 9.41. The van der Waals surface area contributed by atoms with Crippen LogP contribution in [0.5, 0.6) is 23.0 Å². The number of amides is 1. The number of nitrogen functional groups attached to an aromatic ring is 1. The first-order valence-corrected chi connectivity index (χ1v) is 25.7. The van der Waals surface area contributed by atoms with Crippen LogP contribution in [0.2, 0.25) is 0 Å². The van der Waals surface area contributed by atoms with E-state index < -0.39 is 41.0 Å². The SMILES string of the molecule is COCCOC(=O)CCC(=O)Oc1ccc2c(c1)Oc1cc(OC(=O)CCC(=O)OCCOC)ccc1C21OC(=O)c2cc(NC(=S)Nc3ccc(CNC(=O)c4ccc(CCc5cnc6nc(N)[nH]c(=O)c6n5)cc4)cc3)ccc21. The van der Waals surface area contributed by atoms with E-state index in [0.29, 0.717) is 52.2 Å². The number of thiocarbonyl (C=S) groups is 1. The van der Waals surface area contributed by atoms with Crippen molar-refractivity contribution in [3.8, 4) is 23.0 Å². The molecule has 0 atom stereocenters. The second-order valence-electron chi connectivity index (χ2n) is 18.3. The molecule has 24 heteroatoms. The van der Waals surface area contributed by atoms with Crippen LogP contribution in [0.4, 0.5) is 17.3 Å². The molecule has 0 unspecified atom stereocenters. The summed E-state index contributed by atoms with van der Waals surface area (Å²) in [4.78, 5) is 104. The molecule has 0 radical (unpaired) electrons. The number of aryl methyl sites for hydroxylation is 2. The van der Waals surface area contributed by atoms with Crippen molar-refractivity contribution in [1.29, 1.82) is 0 Å². The van der Waals surface area contributed by atoms with Gasteiger partial charge in [-0.2, -0.15) is 4.98 Å². The molecule has 6 N–H and O–H groups in total. The fraction of sp³-hybridized carbons (Fsp3) is 0.246. The first kappa shape index (κ1) is 56.1. The van der Waals surface area contributed by atoms with Gasteiger partial charge in [-0.15, -0.1) is 0 Å². The van der Waals surface area contributed by atoms with Crippen molar-refractivity contribution in [3.63, 3.8) is 0 Å². The summed E-state index contributed by atoms with van der Waals surface area (Å²) in [5.74, 6) is -3.22. The average Bonchev–Trinajstić information content (AvgIpc) is 2.18. The van der Waals surface area contributed by atoms with E-state index in [4.69, 9.17) is 55.8 Å². The van der Waals surface area contributed by atoms with Crippen LogP contribution in [0, 0.1) is 0 Å². The van der Waals surface area contributed by atoms with Gasteiger partial charge in [0, 0.05) is 66.5 Å². The van der Waals surface area contributed by atoms with E-state index in [1.807, 2.05) is 24.3 Å². The van der Waals surface area contributed by atoms with Crippen LogP contribution < -0.4 is 41.5 Å². The molecule has 7 aromatic rings. The van der Waals surface area contributed by atoms with E-state index in [1.165, 1.54) is 38.5 Å². The summed E-state index contributed by atoms with van der Waals surface area (Å²) >= 11 is 5.67. The molecule has 0 bridgehead atoms. The topological polar surface area (TPSA) is 310 Å². The standard InChI is InChI=1S/C57H52N8O15S/c1-73-23-25-75-46(66)19-21-48(68)77-38-14-17-42-44(28-38)79-45-29-39(78-49(69)22-20-47(67)76-26-24-74-2)15-18-43(45)57(42)41-16-13-36(27-40(41)54(72)80-57)63-56(81)62-35-10-6-33(7-11-35)30-60-52(70)34-8-3-32(4-9-34)5-12-37-31-59-51-50(61-37)53(71)65-55(58)64-51/h3-4,6-11,13-18,27-29,31H,5,12,19-26,30H2,1-2H3,(H,60,70)(H2,62,63,81)(H3,58,59,64,65,71). The number of aromatic amines is 1. The second-order valence-corrected chi connectivity index (χ2v) is 18.7. The number of nitrogens with two attached hydrogens (primary N) is 1. The Bertz CT molecular complexity index is 3540. The van der Waals surface area contributed by atoms with Crippen molar-refractivity contribution in [1.82, 2.24) is 25.3 Å². The molecule has 5 aromatic carbocycles. The van der Waals surface area contributed by atoms with Crippen LogP contribution in [0.25, 0.3) is 11.2 Å². The maximum absolute atomic E-state index is 14.1. The van der Waals surface area contributed by atoms with Crippen molar-refractivity contribution in [2.75, 3.05) is 57.0 Å². The highest BCUT2D eigenvalue weighted by Crippen LogP contribution is 2.57. The van der Waals surface area contributed by atoms with E-state index in [9.17, 15) is 33.6 Å². The van der Waals surface area contributed by atoms with E-state index >= 15 is 0 Å². The quantitative estimate of drug-likeness (QED) is 0.0167. The number of carbonyl (C=O) groups excluding carboxylic acids is 6. The minimum absolute atomic E-state index is 0.0311. The Labute approximate surface area is 466 Å². The van der Waals surface area contributed by atoms with E-state index in [0.717, 1.165) is 11.1 Å². The van der Waals surface area contributed by atoms with Gasteiger partial charge in [0.25, 0.3) is 11.5 Å². The maximum Gasteiger partial charge on any atom is 0.340 e. The van der Waals surface area contributed by atoms with Crippen LogP contribution in [0.1, 0.15) is 79.9 Å². The summed E-state index contributed by atoms with van der Waals surface area (Å²) in [6.45, 7) is 0.742. The number of hydrogen-bond acceptors (Lipinski definition) is 20. The highest BCUT2D eigenvalue weighted by Gasteiger charge is 2.54. The lowest BCUT2D eigenvalue weighted by Gasteiger charge is -2.36. The van der Waals surface area contributed by atoms with Gasteiger partial charge in [-0.1, -0.05) is 30.3 Å². The summed E-state index contributed by atoms with van der Waals surface area (Å²) in [6, 6.07) is 28.6. The summed E-state index contributed by atoms with van der Waals surface area (Å²) in [5.41, 5.74) is 9.20. The summed E-state index contributed by atoms with van der Waals surface area (Å²) < 4.78 is 43.7. The Morgan fingerprint density at radius 1 is 0.654 bits per heavy atom. The average molecular weight is 1120 g/mol. The van der Waals surface area contributed by atoms with Gasteiger partial charge in [0.1, 0.15) is 36.2 Å². The molecular weight excluding hydrogens is 1070 g/mol. The van der Waals surface area contributed by atoms with Gasteiger partial charge < -0.3 is 59.6 Å². The molecule has 1 spiro atoms. The molecule has 2 aliphatic heterocycles. The third-order valence-corrected chi connectivity index (χ3v) is 12.9. The van der Waals surface area contributed by atoms with Crippen molar-refractivity contribution in [2.24, 2.45) is 0 Å². The Kier molecular flexibility index (Phi) is 17.6. The van der Waals surface area contributed by atoms with Crippen LogP contribution in [0.3, 0.4) is 0 Å². The normalized spacial score (nSPS) is 12.4. The van der Waals surface area contributed by atoms with Crippen LogP contribution >= 0.6 is 12.2 Å². The fourth-order valence-electron chi connectivity index (χ4n) is 8.76. The largest absolute Gasteiger partial charge is 0.463 e. The molecule has 23 nitrogen and oxygen atoms in total.